The number of imide groups is 1. The largest absolute Gasteiger partial charge is 0.412 e. The summed E-state index contributed by atoms with van der Waals surface area (Å²) in [6.45, 7) is 16.1. The summed E-state index contributed by atoms with van der Waals surface area (Å²) in [6, 6.07) is 22.2. The van der Waals surface area contributed by atoms with Crippen molar-refractivity contribution in [1.82, 2.24) is 14.7 Å². The molecule has 2 saturated heterocycles. The van der Waals surface area contributed by atoms with Gasteiger partial charge in [-0.3, -0.25) is 35.6 Å². The summed E-state index contributed by atoms with van der Waals surface area (Å²) < 4.78 is 54.9. The summed E-state index contributed by atoms with van der Waals surface area (Å²) in [4.78, 5) is 31.3. The minimum Gasteiger partial charge on any atom is -0.412 e. The summed E-state index contributed by atoms with van der Waals surface area (Å²) in [7, 11) is -7.10. The van der Waals surface area contributed by atoms with Gasteiger partial charge in [0.2, 0.25) is 20.0 Å². The number of amides is 2. The minimum atomic E-state index is -3.74. The van der Waals surface area contributed by atoms with Gasteiger partial charge in [-0.15, -0.1) is 0 Å². The number of fused-ring (bicyclic) bond motifs is 3. The number of rotatable bonds is 21. The number of anilines is 2. The van der Waals surface area contributed by atoms with Crippen LogP contribution in [0, 0.1) is 23.7 Å². The highest BCUT2D eigenvalue weighted by molar-refractivity contribution is 7.93. The zero-order chi connectivity index (χ0) is 46.3. The highest BCUT2D eigenvalue weighted by atomic mass is 32.2. The van der Waals surface area contributed by atoms with E-state index in [1.54, 1.807) is 30.3 Å². The third-order valence-corrected chi connectivity index (χ3v) is 17.3. The standard InChI is InChI=1S/C28H35N3O4S.C20H33N3O2S.H4N2.H2O/c1-3-4-5-8-14-30-18-24-25(19-30)28(24,2)20-10-9-11-21(17-20)29-36(34,35)16-15-31-26(32)22-12-6-7-13-23(22)27(31)33;1-3-4-5-6-11-23-14-18-19(15-23)20(18,2)16-8-7-9-17(13-16)22-26(24,25)12-10-21;1-2;/h6-7,9-13,17,24-25,29H,3-5,8,14-16,18-19H2,1-2H3;7-9,13,18-19,22H,3-6,10-12,14-15,21H2,1-2H3;1-2H2;1H2. The summed E-state index contributed by atoms with van der Waals surface area (Å²) in [5.41, 5.74) is 9.90. The lowest BCUT2D eigenvalue weighted by molar-refractivity contribution is 0.0664. The first-order valence-electron chi connectivity index (χ1n) is 23.3. The van der Waals surface area contributed by atoms with Gasteiger partial charge >= 0.3 is 0 Å². The Labute approximate surface area is 387 Å². The van der Waals surface area contributed by atoms with Crippen LogP contribution in [0.1, 0.15) is 111 Å². The lowest BCUT2D eigenvalue weighted by Crippen LogP contribution is -2.35. The van der Waals surface area contributed by atoms with Crippen molar-refractivity contribution in [3.05, 3.63) is 95.1 Å². The predicted molar refractivity (Wildman–Crippen MR) is 260 cm³/mol. The lowest BCUT2D eigenvalue weighted by atomic mass is 9.92. The average molecular weight is 939 g/mol. The van der Waals surface area contributed by atoms with E-state index in [-0.39, 0.29) is 40.9 Å². The van der Waals surface area contributed by atoms with E-state index in [4.69, 9.17) is 5.73 Å². The molecule has 0 spiro atoms. The van der Waals surface area contributed by atoms with Crippen LogP contribution < -0.4 is 26.9 Å². The second kappa shape index (κ2) is 22.2. The summed E-state index contributed by atoms with van der Waals surface area (Å²) in [5, 5.41) is 0. The molecule has 4 unspecified atom stereocenters. The fourth-order valence-corrected chi connectivity index (χ4v) is 12.7. The van der Waals surface area contributed by atoms with E-state index in [0.717, 1.165) is 18.0 Å². The molecule has 3 aromatic carbocycles. The molecule has 17 heteroatoms. The van der Waals surface area contributed by atoms with Crippen molar-refractivity contribution in [2.45, 2.75) is 89.9 Å². The van der Waals surface area contributed by atoms with Gasteiger partial charge in [-0.25, -0.2) is 16.8 Å². The van der Waals surface area contributed by atoms with E-state index in [2.05, 4.69) is 70.8 Å². The Morgan fingerprint density at radius 1 is 0.585 bits per heavy atom. The van der Waals surface area contributed by atoms with Gasteiger partial charge in [0.05, 0.1) is 22.6 Å². The van der Waals surface area contributed by atoms with Crippen LogP contribution in [-0.2, 0) is 30.9 Å². The maximum absolute atomic E-state index is 12.8. The number of hydrogen-bond acceptors (Lipinski definition) is 11. The van der Waals surface area contributed by atoms with Crippen LogP contribution in [0.5, 0.6) is 0 Å². The topological polar surface area (TPSA) is 246 Å². The number of piperidine rings is 2. The second-order valence-electron chi connectivity index (χ2n) is 18.7. The van der Waals surface area contributed by atoms with E-state index in [1.807, 2.05) is 30.3 Å². The summed E-state index contributed by atoms with van der Waals surface area (Å²) in [5.74, 6) is 9.34. The van der Waals surface area contributed by atoms with Gasteiger partial charge in [-0.1, -0.05) is 103 Å². The Hall–Kier alpha value is -3.94. The van der Waals surface area contributed by atoms with Crippen molar-refractivity contribution < 1.29 is 31.9 Å². The molecule has 10 N–H and O–H groups in total. The Bertz CT molecular complexity index is 2250. The first kappa shape index (κ1) is 52.0. The Kier molecular flexibility index (Phi) is 17.8. The lowest BCUT2D eigenvalue weighted by Gasteiger charge is -2.25. The van der Waals surface area contributed by atoms with Crippen molar-refractivity contribution in [3.63, 3.8) is 0 Å². The number of carbonyl (C=O) groups is 2. The van der Waals surface area contributed by atoms with Crippen molar-refractivity contribution in [2.24, 2.45) is 41.1 Å². The van der Waals surface area contributed by atoms with E-state index in [1.165, 1.54) is 88.7 Å². The number of unbranched alkanes of at least 4 members (excludes halogenated alkanes) is 6. The maximum Gasteiger partial charge on any atom is 0.261 e. The van der Waals surface area contributed by atoms with Crippen molar-refractivity contribution in [3.8, 4) is 0 Å². The molecule has 2 saturated carbocycles. The average Bonchev–Trinajstić information content (AvgIpc) is 3.67. The Morgan fingerprint density at radius 2 is 0.985 bits per heavy atom. The maximum atomic E-state index is 12.8. The quantitative estimate of drug-likeness (QED) is 0.0416. The van der Waals surface area contributed by atoms with Gasteiger partial charge in [0.15, 0.2) is 0 Å². The molecule has 2 amide bonds. The summed E-state index contributed by atoms with van der Waals surface area (Å²) in [6.07, 6.45) is 10.4. The molecule has 0 radical (unpaired) electrons. The predicted octanol–water partition coefficient (Wildman–Crippen LogP) is 4.90. The molecule has 4 fully saturated rings. The van der Waals surface area contributed by atoms with Crippen molar-refractivity contribution in [1.29, 1.82) is 0 Å². The van der Waals surface area contributed by atoms with Crippen LogP contribution in [0.4, 0.5) is 11.4 Å². The highest BCUT2D eigenvalue weighted by Crippen LogP contribution is 2.64. The van der Waals surface area contributed by atoms with Crippen LogP contribution in [0.3, 0.4) is 0 Å². The number of hydrazine groups is 1. The molecule has 360 valence electrons. The molecule has 5 aliphatic rings. The molecule has 4 atom stereocenters. The summed E-state index contributed by atoms with van der Waals surface area (Å²) >= 11 is 0. The SMILES string of the molecule is CCCCCCN1CC2C(C1)C2(C)c1cccc(NS(=O)(=O)CCN)c1.CCCCCCN1CC2C(C1)C2(C)c1cccc(NS(=O)(=O)CCN2C(=O)c3ccccc3C2=O)c1.NN.O. The smallest absolute Gasteiger partial charge is 0.261 e. The molecule has 65 heavy (non-hydrogen) atoms. The minimum absolute atomic E-state index is 0. The van der Waals surface area contributed by atoms with E-state index < -0.39 is 31.9 Å². The van der Waals surface area contributed by atoms with E-state index in [0.29, 0.717) is 46.2 Å². The van der Waals surface area contributed by atoms with E-state index in [9.17, 15) is 26.4 Å². The Balaban J connectivity index is 0.000000243. The fraction of sp³-hybridized carbons (Fsp3) is 0.583. The van der Waals surface area contributed by atoms with Gasteiger partial charge in [-0.2, -0.15) is 0 Å². The number of nitrogens with one attached hydrogen (secondary N) is 2. The second-order valence-corrected chi connectivity index (χ2v) is 22.4. The zero-order valence-electron chi connectivity index (χ0n) is 38.8. The number of hydrogen-bond donors (Lipinski definition) is 5. The monoisotopic (exact) mass is 939 g/mol. The number of sulfonamides is 2. The zero-order valence-corrected chi connectivity index (χ0v) is 40.4. The molecular weight excluding hydrogens is 865 g/mol. The van der Waals surface area contributed by atoms with Gasteiger partial charge < -0.3 is 21.0 Å². The first-order chi connectivity index (χ1) is 30.6. The molecule has 15 nitrogen and oxygen atoms in total. The third kappa shape index (κ3) is 11.8. The molecule has 0 aromatic heterocycles. The molecular formula is C48H74N8O7S2. The van der Waals surface area contributed by atoms with Crippen LogP contribution in [0.25, 0.3) is 0 Å². The van der Waals surface area contributed by atoms with Gasteiger partial charge in [0.25, 0.3) is 11.8 Å². The Morgan fingerprint density at radius 3 is 1.37 bits per heavy atom. The molecule has 3 aromatic rings. The van der Waals surface area contributed by atoms with Gasteiger partial charge in [-0.05, 0) is 97.1 Å². The first-order valence-corrected chi connectivity index (χ1v) is 26.6. The van der Waals surface area contributed by atoms with Gasteiger partial charge in [0.1, 0.15) is 0 Å². The molecule has 3 aliphatic heterocycles. The number of nitrogens with two attached hydrogens (primary N) is 3. The molecule has 0 bridgehead atoms. The van der Waals surface area contributed by atoms with Gasteiger partial charge in [0, 0.05) is 61.5 Å². The number of benzene rings is 3. The number of carbonyl (C=O) groups excluding carboxylic acids is 2. The molecule has 2 aliphatic carbocycles. The molecule has 8 rings (SSSR count). The number of likely N-dealkylation sites (tertiary alicyclic amines) is 2. The van der Waals surface area contributed by atoms with Crippen molar-refractivity contribution >= 4 is 43.2 Å². The normalized spacial score (nSPS) is 25.3. The highest BCUT2D eigenvalue weighted by Gasteiger charge is 2.66. The number of nitrogens with zero attached hydrogens (tertiary/aromatic N) is 3. The van der Waals surface area contributed by atoms with Crippen molar-refractivity contribution in [2.75, 3.05) is 73.3 Å². The van der Waals surface area contributed by atoms with E-state index >= 15 is 0 Å². The molecule has 3 heterocycles. The third-order valence-electron chi connectivity index (χ3n) is 14.7. The fourth-order valence-electron chi connectivity index (χ4n) is 10.8. The van der Waals surface area contributed by atoms with Crippen LogP contribution in [0.2, 0.25) is 0 Å². The van der Waals surface area contributed by atoms with Crippen LogP contribution in [0.15, 0.2) is 72.8 Å². The van der Waals surface area contributed by atoms with Crippen LogP contribution >= 0.6 is 0 Å². The van der Waals surface area contributed by atoms with Crippen LogP contribution in [-0.4, -0.2) is 113 Å².